The molecule has 0 aromatic carbocycles. The molecule has 2 atom stereocenters. The average Bonchev–Trinajstić information content (AvgIpc) is 2.43. The highest BCUT2D eigenvalue weighted by atomic mass is 32.2. The molecule has 2 N–H and O–H groups in total. The summed E-state index contributed by atoms with van der Waals surface area (Å²) in [7, 11) is -2.98. The number of hydrogen-bond donors (Lipinski definition) is 2. The van der Waals surface area contributed by atoms with Gasteiger partial charge < -0.3 is 5.32 Å². The Balaban J connectivity index is 1.95. The highest BCUT2D eigenvalue weighted by Crippen LogP contribution is 2.14. The maximum atomic E-state index is 11.4. The zero-order valence-corrected chi connectivity index (χ0v) is 9.55. The fraction of sp³-hybridized carbons (Fsp3) is 0.778. The summed E-state index contributed by atoms with van der Waals surface area (Å²) < 4.78 is 22.7. The predicted octanol–water partition coefficient (Wildman–Crippen LogP) is -1.43. The van der Waals surface area contributed by atoms with E-state index in [0.29, 0.717) is 6.42 Å². The third-order valence-corrected chi connectivity index (χ3v) is 4.69. The Kier molecular flexibility index (Phi) is 2.98. The maximum absolute atomic E-state index is 11.4. The Morgan fingerprint density at radius 1 is 1.31 bits per heavy atom. The van der Waals surface area contributed by atoms with E-state index >= 15 is 0 Å². The van der Waals surface area contributed by atoms with Crippen LogP contribution in [0.3, 0.4) is 0 Å². The molecule has 6 nitrogen and oxygen atoms in total. The maximum Gasteiger partial charge on any atom is 0.244 e. The third kappa shape index (κ3) is 2.59. The van der Waals surface area contributed by atoms with Gasteiger partial charge in [0.2, 0.25) is 11.8 Å². The summed E-state index contributed by atoms with van der Waals surface area (Å²) in [6, 6.07) is -0.772. The molecule has 2 fully saturated rings. The zero-order valence-electron chi connectivity index (χ0n) is 8.73. The van der Waals surface area contributed by atoms with Crippen LogP contribution in [0.15, 0.2) is 0 Å². The van der Waals surface area contributed by atoms with Gasteiger partial charge in [0, 0.05) is 6.04 Å². The minimum absolute atomic E-state index is 0.0605. The SMILES string of the molecule is O=C1CC(NC2CCCS(=O)(=O)C2)C(=O)N1. The van der Waals surface area contributed by atoms with E-state index in [4.69, 9.17) is 0 Å². The van der Waals surface area contributed by atoms with Gasteiger partial charge in [-0.15, -0.1) is 0 Å². The lowest BCUT2D eigenvalue weighted by Crippen LogP contribution is -2.47. The average molecular weight is 246 g/mol. The lowest BCUT2D eigenvalue weighted by Gasteiger charge is -2.24. The molecular formula is C9H14N2O4S. The highest BCUT2D eigenvalue weighted by molar-refractivity contribution is 7.91. The van der Waals surface area contributed by atoms with E-state index in [9.17, 15) is 18.0 Å². The standard InChI is InChI=1S/C9H14N2O4S/c12-8-4-7(9(13)11-8)10-6-2-1-3-16(14,15)5-6/h6-7,10H,1-5H2,(H,11,12,13). The van der Waals surface area contributed by atoms with Crippen molar-refractivity contribution in [1.29, 1.82) is 0 Å². The first-order valence-corrected chi connectivity index (χ1v) is 7.08. The van der Waals surface area contributed by atoms with Gasteiger partial charge in [0.15, 0.2) is 9.84 Å². The molecule has 2 heterocycles. The molecule has 0 radical (unpaired) electrons. The first-order valence-electron chi connectivity index (χ1n) is 5.26. The zero-order chi connectivity index (χ0) is 11.8. The quantitative estimate of drug-likeness (QED) is 0.583. The van der Waals surface area contributed by atoms with E-state index in [1.165, 1.54) is 0 Å². The molecule has 0 aliphatic carbocycles. The van der Waals surface area contributed by atoms with Gasteiger partial charge in [0.1, 0.15) is 0 Å². The first kappa shape index (κ1) is 11.5. The second kappa shape index (κ2) is 4.14. The van der Waals surface area contributed by atoms with Gasteiger partial charge in [-0.3, -0.25) is 14.9 Å². The van der Waals surface area contributed by atoms with Gasteiger partial charge in [0.25, 0.3) is 0 Å². The van der Waals surface area contributed by atoms with Crippen LogP contribution < -0.4 is 10.6 Å². The van der Waals surface area contributed by atoms with Gasteiger partial charge in [-0.05, 0) is 12.8 Å². The molecule has 7 heteroatoms. The summed E-state index contributed by atoms with van der Waals surface area (Å²) in [5, 5.41) is 5.13. The van der Waals surface area contributed by atoms with Crippen molar-refractivity contribution in [2.45, 2.75) is 31.3 Å². The second-order valence-corrected chi connectivity index (χ2v) is 6.52. The molecule has 0 aromatic heterocycles. The van der Waals surface area contributed by atoms with Crippen LogP contribution in [-0.4, -0.2) is 43.8 Å². The van der Waals surface area contributed by atoms with Gasteiger partial charge in [0.05, 0.1) is 24.0 Å². The monoisotopic (exact) mass is 246 g/mol. The van der Waals surface area contributed by atoms with E-state index in [1.54, 1.807) is 0 Å². The van der Waals surface area contributed by atoms with E-state index in [1.807, 2.05) is 0 Å². The highest BCUT2D eigenvalue weighted by Gasteiger charge is 2.34. The smallest absolute Gasteiger partial charge is 0.244 e. The molecule has 0 spiro atoms. The summed E-state index contributed by atoms with van der Waals surface area (Å²) in [6.07, 6.45) is 1.45. The van der Waals surface area contributed by atoms with Crippen molar-refractivity contribution in [1.82, 2.24) is 10.6 Å². The Hall–Kier alpha value is -0.950. The van der Waals surface area contributed by atoms with E-state index in [2.05, 4.69) is 10.6 Å². The van der Waals surface area contributed by atoms with Crippen LogP contribution in [0.2, 0.25) is 0 Å². The van der Waals surface area contributed by atoms with Gasteiger partial charge >= 0.3 is 0 Å². The number of hydrogen-bond acceptors (Lipinski definition) is 5. The Morgan fingerprint density at radius 3 is 2.62 bits per heavy atom. The normalized spacial score (nSPS) is 33.8. The molecule has 2 unspecified atom stereocenters. The van der Waals surface area contributed by atoms with Crippen LogP contribution in [0.5, 0.6) is 0 Å². The number of carbonyl (C=O) groups excluding carboxylic acids is 2. The lowest BCUT2D eigenvalue weighted by molar-refractivity contribution is -0.125. The number of sulfone groups is 1. The molecule has 2 rings (SSSR count). The van der Waals surface area contributed by atoms with Crippen LogP contribution in [0, 0.1) is 0 Å². The Bertz CT molecular complexity index is 417. The largest absolute Gasteiger partial charge is 0.302 e. The molecular weight excluding hydrogens is 232 g/mol. The summed E-state index contributed by atoms with van der Waals surface area (Å²) in [5.41, 5.74) is 0. The molecule has 2 aliphatic heterocycles. The van der Waals surface area contributed by atoms with Crippen molar-refractivity contribution in [3.63, 3.8) is 0 Å². The molecule has 0 aromatic rings. The first-order chi connectivity index (χ1) is 7.46. The number of nitrogens with one attached hydrogen (secondary N) is 2. The second-order valence-electron chi connectivity index (χ2n) is 4.29. The molecule has 2 aliphatic rings. The fourth-order valence-electron chi connectivity index (χ4n) is 2.13. The summed E-state index contributed by atoms with van der Waals surface area (Å²) in [4.78, 5) is 22.2. The summed E-state index contributed by atoms with van der Waals surface area (Å²) in [5.74, 6) is -0.375. The van der Waals surface area contributed by atoms with Gasteiger partial charge in [-0.1, -0.05) is 0 Å². The van der Waals surface area contributed by atoms with E-state index < -0.39 is 15.9 Å². The van der Waals surface area contributed by atoms with Crippen LogP contribution in [-0.2, 0) is 19.4 Å². The molecule has 16 heavy (non-hydrogen) atoms. The van der Waals surface area contributed by atoms with Crippen LogP contribution >= 0.6 is 0 Å². The minimum Gasteiger partial charge on any atom is -0.302 e. The number of carbonyl (C=O) groups is 2. The van der Waals surface area contributed by atoms with Gasteiger partial charge in [-0.25, -0.2) is 8.42 Å². The Labute approximate surface area is 93.7 Å². The molecule has 0 saturated carbocycles. The Morgan fingerprint density at radius 2 is 2.06 bits per heavy atom. The van der Waals surface area contributed by atoms with Crippen molar-refractivity contribution in [2.75, 3.05) is 11.5 Å². The molecule has 0 bridgehead atoms. The van der Waals surface area contributed by atoms with Gasteiger partial charge in [-0.2, -0.15) is 0 Å². The molecule has 2 amide bonds. The predicted molar refractivity (Wildman–Crippen MR) is 56.4 cm³/mol. The number of rotatable bonds is 2. The third-order valence-electron chi connectivity index (χ3n) is 2.87. The topological polar surface area (TPSA) is 92.3 Å². The fourth-order valence-corrected chi connectivity index (χ4v) is 3.78. The summed E-state index contributed by atoms with van der Waals surface area (Å²) >= 11 is 0. The van der Waals surface area contributed by atoms with Crippen molar-refractivity contribution in [3.05, 3.63) is 0 Å². The number of amides is 2. The van der Waals surface area contributed by atoms with Crippen LogP contribution in [0.1, 0.15) is 19.3 Å². The van der Waals surface area contributed by atoms with Crippen molar-refractivity contribution < 1.29 is 18.0 Å². The van der Waals surface area contributed by atoms with Crippen molar-refractivity contribution in [2.24, 2.45) is 0 Å². The van der Waals surface area contributed by atoms with E-state index in [-0.39, 0.29) is 35.8 Å². The van der Waals surface area contributed by atoms with Crippen LogP contribution in [0.25, 0.3) is 0 Å². The van der Waals surface area contributed by atoms with E-state index in [0.717, 1.165) is 6.42 Å². The summed E-state index contributed by atoms with van der Waals surface area (Å²) in [6.45, 7) is 0. The number of imide groups is 1. The van der Waals surface area contributed by atoms with Crippen molar-refractivity contribution in [3.8, 4) is 0 Å². The molecule has 90 valence electrons. The minimum atomic E-state index is -2.98. The van der Waals surface area contributed by atoms with Crippen LogP contribution in [0.4, 0.5) is 0 Å². The van der Waals surface area contributed by atoms with Crippen molar-refractivity contribution >= 4 is 21.7 Å². The molecule has 2 saturated heterocycles. The lowest BCUT2D eigenvalue weighted by atomic mass is 10.1.